The maximum absolute atomic E-state index is 12.3. The largest absolute Gasteiger partial charge is 0.467 e. The molecule has 0 saturated carbocycles. The molecule has 0 unspecified atom stereocenters. The molecular formula is C19H21N3O4. The van der Waals surface area contributed by atoms with E-state index in [4.69, 9.17) is 4.42 Å². The van der Waals surface area contributed by atoms with Crippen molar-refractivity contribution in [2.45, 2.75) is 31.8 Å². The first-order chi connectivity index (χ1) is 12.6. The Morgan fingerprint density at radius 2 is 1.96 bits per heavy atom. The van der Waals surface area contributed by atoms with Crippen LogP contribution in [0.4, 0.5) is 4.79 Å². The molecule has 7 heteroatoms. The molecule has 0 radical (unpaired) electrons. The third kappa shape index (κ3) is 4.50. The highest BCUT2D eigenvalue weighted by Crippen LogP contribution is 2.15. The molecule has 1 aromatic heterocycles. The molecule has 1 atom stereocenters. The molecule has 1 aliphatic rings. The minimum atomic E-state index is -0.669. The van der Waals surface area contributed by atoms with Crippen LogP contribution in [0.2, 0.25) is 0 Å². The van der Waals surface area contributed by atoms with Crippen LogP contribution in [0, 0.1) is 0 Å². The summed E-state index contributed by atoms with van der Waals surface area (Å²) in [6.45, 7) is 0.635. The third-order valence-electron chi connectivity index (χ3n) is 4.24. The number of hydrogen-bond acceptors (Lipinski definition) is 4. The van der Waals surface area contributed by atoms with Crippen LogP contribution in [-0.4, -0.2) is 35.3 Å². The second-order valence-corrected chi connectivity index (χ2v) is 6.13. The Hall–Kier alpha value is -3.09. The zero-order valence-electron chi connectivity index (χ0n) is 14.3. The van der Waals surface area contributed by atoms with Crippen LogP contribution in [0.3, 0.4) is 0 Å². The lowest BCUT2D eigenvalue weighted by Gasteiger charge is -2.11. The lowest BCUT2D eigenvalue weighted by atomic mass is 10.1. The summed E-state index contributed by atoms with van der Waals surface area (Å²) in [4.78, 5) is 37.3. The van der Waals surface area contributed by atoms with Crippen LogP contribution in [-0.2, 0) is 22.6 Å². The van der Waals surface area contributed by atoms with Gasteiger partial charge in [0.25, 0.3) is 5.91 Å². The average Bonchev–Trinajstić information content (AvgIpc) is 3.25. The van der Waals surface area contributed by atoms with Crippen molar-refractivity contribution in [2.24, 2.45) is 0 Å². The molecule has 0 aliphatic carbocycles. The molecule has 0 bridgehead atoms. The van der Waals surface area contributed by atoms with Crippen molar-refractivity contribution in [1.82, 2.24) is 15.5 Å². The third-order valence-corrected chi connectivity index (χ3v) is 4.24. The molecule has 1 aliphatic heterocycles. The van der Waals surface area contributed by atoms with E-state index in [9.17, 15) is 14.4 Å². The number of rotatable bonds is 8. The number of urea groups is 1. The lowest BCUT2D eigenvalue weighted by Crippen LogP contribution is -2.33. The fourth-order valence-corrected chi connectivity index (χ4v) is 2.84. The maximum atomic E-state index is 12.3. The molecule has 2 heterocycles. The van der Waals surface area contributed by atoms with Gasteiger partial charge in [0.15, 0.2) is 0 Å². The molecule has 0 spiro atoms. The van der Waals surface area contributed by atoms with E-state index >= 15 is 0 Å². The molecule has 2 aromatic rings. The number of hydrogen-bond donors (Lipinski definition) is 2. The number of carbonyl (C=O) groups is 3. The van der Waals surface area contributed by atoms with Gasteiger partial charge >= 0.3 is 6.03 Å². The van der Waals surface area contributed by atoms with Gasteiger partial charge in [-0.15, -0.1) is 0 Å². The van der Waals surface area contributed by atoms with E-state index in [1.165, 1.54) is 6.26 Å². The Morgan fingerprint density at radius 3 is 2.69 bits per heavy atom. The summed E-state index contributed by atoms with van der Waals surface area (Å²) in [5, 5.41) is 5.46. The van der Waals surface area contributed by atoms with Gasteiger partial charge in [0.1, 0.15) is 11.8 Å². The SMILES string of the molecule is O=C(CC[C@@H]1NC(=O)N(Cc2ccco2)C1=O)NCCc1ccccc1. The van der Waals surface area contributed by atoms with E-state index in [2.05, 4.69) is 10.6 Å². The maximum Gasteiger partial charge on any atom is 0.325 e. The summed E-state index contributed by atoms with van der Waals surface area (Å²) in [7, 11) is 0. The fourth-order valence-electron chi connectivity index (χ4n) is 2.84. The first-order valence-electron chi connectivity index (χ1n) is 8.58. The number of amides is 4. The van der Waals surface area contributed by atoms with E-state index in [-0.39, 0.29) is 31.2 Å². The highest BCUT2D eigenvalue weighted by molar-refractivity contribution is 6.04. The Kier molecular flexibility index (Phi) is 5.68. The molecule has 1 fully saturated rings. The van der Waals surface area contributed by atoms with E-state index < -0.39 is 12.1 Å². The minimum Gasteiger partial charge on any atom is -0.467 e. The zero-order chi connectivity index (χ0) is 18.4. The highest BCUT2D eigenvalue weighted by Gasteiger charge is 2.38. The second-order valence-electron chi connectivity index (χ2n) is 6.13. The molecule has 26 heavy (non-hydrogen) atoms. The minimum absolute atomic E-state index is 0.0947. The molecule has 2 N–H and O–H groups in total. The molecule has 4 amide bonds. The van der Waals surface area contributed by atoms with Crippen LogP contribution < -0.4 is 10.6 Å². The molecule has 7 nitrogen and oxygen atoms in total. The van der Waals surface area contributed by atoms with Gasteiger partial charge in [0, 0.05) is 13.0 Å². The normalized spacial score (nSPS) is 16.6. The second kappa shape index (κ2) is 8.33. The van der Waals surface area contributed by atoms with Gasteiger partial charge in [-0.25, -0.2) is 4.79 Å². The first-order valence-corrected chi connectivity index (χ1v) is 8.58. The average molecular weight is 355 g/mol. The van der Waals surface area contributed by atoms with Crippen molar-refractivity contribution in [3.05, 3.63) is 60.1 Å². The summed E-state index contributed by atoms with van der Waals surface area (Å²) < 4.78 is 5.17. The van der Waals surface area contributed by atoms with E-state index in [1.54, 1.807) is 12.1 Å². The van der Waals surface area contributed by atoms with Crippen molar-refractivity contribution in [3.63, 3.8) is 0 Å². The molecular weight excluding hydrogens is 334 g/mol. The summed E-state index contributed by atoms with van der Waals surface area (Å²) in [5.41, 5.74) is 1.15. The Labute approximate surface area is 151 Å². The van der Waals surface area contributed by atoms with Gasteiger partial charge in [0.2, 0.25) is 5.91 Å². The van der Waals surface area contributed by atoms with Gasteiger partial charge < -0.3 is 15.1 Å². The molecule has 3 rings (SSSR count). The van der Waals surface area contributed by atoms with Gasteiger partial charge in [-0.05, 0) is 30.5 Å². The van der Waals surface area contributed by atoms with Gasteiger partial charge in [-0.2, -0.15) is 0 Å². The van der Waals surface area contributed by atoms with Gasteiger partial charge in [0.05, 0.1) is 12.8 Å². The van der Waals surface area contributed by atoms with Crippen molar-refractivity contribution in [2.75, 3.05) is 6.54 Å². The zero-order valence-corrected chi connectivity index (χ0v) is 14.3. The van der Waals surface area contributed by atoms with Crippen LogP contribution >= 0.6 is 0 Å². The first kappa shape index (κ1) is 17.7. The van der Waals surface area contributed by atoms with E-state index in [0.717, 1.165) is 16.9 Å². The Morgan fingerprint density at radius 1 is 1.15 bits per heavy atom. The molecule has 1 saturated heterocycles. The predicted molar refractivity (Wildman–Crippen MR) is 94.0 cm³/mol. The Bertz CT molecular complexity index is 758. The van der Waals surface area contributed by atoms with Crippen LogP contribution in [0.1, 0.15) is 24.2 Å². The predicted octanol–water partition coefficient (Wildman–Crippen LogP) is 1.84. The summed E-state index contributed by atoms with van der Waals surface area (Å²) in [6.07, 6.45) is 2.70. The molecule has 136 valence electrons. The summed E-state index contributed by atoms with van der Waals surface area (Å²) >= 11 is 0. The fraction of sp³-hybridized carbons (Fsp3) is 0.316. The van der Waals surface area contributed by atoms with E-state index in [1.807, 2.05) is 30.3 Å². The molecule has 1 aromatic carbocycles. The quantitative estimate of drug-likeness (QED) is 0.707. The Balaban J connectivity index is 1.40. The topological polar surface area (TPSA) is 91.7 Å². The summed E-state index contributed by atoms with van der Waals surface area (Å²) in [6, 6.07) is 12.2. The number of carbonyl (C=O) groups excluding carboxylic acids is 3. The number of imide groups is 1. The van der Waals surface area contributed by atoms with Crippen molar-refractivity contribution < 1.29 is 18.8 Å². The number of nitrogens with zero attached hydrogens (tertiary/aromatic N) is 1. The van der Waals surface area contributed by atoms with Gasteiger partial charge in [-0.3, -0.25) is 14.5 Å². The standard InChI is InChI=1S/C19H21N3O4/c23-17(20-11-10-14-5-2-1-3-6-14)9-8-16-18(24)22(19(25)21-16)13-15-7-4-12-26-15/h1-7,12,16H,8-11,13H2,(H,20,23)(H,21,25)/t16-/m0/s1. The number of nitrogens with one attached hydrogen (secondary N) is 2. The monoisotopic (exact) mass is 355 g/mol. The smallest absolute Gasteiger partial charge is 0.325 e. The summed E-state index contributed by atoms with van der Waals surface area (Å²) in [5.74, 6) is 0.0729. The van der Waals surface area contributed by atoms with Crippen molar-refractivity contribution in [3.8, 4) is 0 Å². The number of furan rings is 1. The lowest BCUT2D eigenvalue weighted by molar-refractivity contribution is -0.128. The van der Waals surface area contributed by atoms with Crippen LogP contribution in [0.25, 0.3) is 0 Å². The van der Waals surface area contributed by atoms with Crippen molar-refractivity contribution >= 4 is 17.8 Å². The van der Waals surface area contributed by atoms with Crippen LogP contribution in [0.15, 0.2) is 53.1 Å². The highest BCUT2D eigenvalue weighted by atomic mass is 16.3. The van der Waals surface area contributed by atoms with Gasteiger partial charge in [-0.1, -0.05) is 30.3 Å². The van der Waals surface area contributed by atoms with E-state index in [0.29, 0.717) is 12.3 Å². The number of benzene rings is 1. The van der Waals surface area contributed by atoms with Crippen LogP contribution in [0.5, 0.6) is 0 Å². The van der Waals surface area contributed by atoms with Crippen molar-refractivity contribution in [1.29, 1.82) is 0 Å².